The van der Waals surface area contributed by atoms with E-state index in [2.05, 4.69) is 11.9 Å². The van der Waals surface area contributed by atoms with E-state index in [1.165, 1.54) is 38.3 Å². The molecule has 124 valence electrons. The molecule has 0 aliphatic carbocycles. The Morgan fingerprint density at radius 2 is 2.18 bits per heavy atom. The van der Waals surface area contributed by atoms with Crippen molar-refractivity contribution in [2.75, 3.05) is 13.2 Å². The van der Waals surface area contributed by atoms with Gasteiger partial charge in [0.1, 0.15) is 12.8 Å². The molecular weight excluding hydrogens is 286 g/mol. The summed E-state index contributed by atoms with van der Waals surface area (Å²) in [5, 5.41) is 10.7. The van der Waals surface area contributed by atoms with Crippen LogP contribution in [0.1, 0.15) is 51.9 Å². The third kappa shape index (κ3) is 4.98. The van der Waals surface area contributed by atoms with Crippen LogP contribution in [0.5, 0.6) is 6.01 Å². The lowest BCUT2D eigenvalue weighted by atomic mass is 10.1. The largest absolute Gasteiger partial charge is 0.443 e. The molecule has 22 heavy (non-hydrogen) atoms. The number of aryl methyl sites for hydroxylation is 1. The normalized spacial score (nSPS) is 17.6. The first kappa shape index (κ1) is 16.7. The van der Waals surface area contributed by atoms with Gasteiger partial charge in [-0.2, -0.15) is 0 Å². The van der Waals surface area contributed by atoms with Crippen molar-refractivity contribution in [1.82, 2.24) is 9.55 Å². The van der Waals surface area contributed by atoms with E-state index in [4.69, 9.17) is 9.47 Å². The van der Waals surface area contributed by atoms with Crippen molar-refractivity contribution in [3.05, 3.63) is 16.3 Å². The van der Waals surface area contributed by atoms with Gasteiger partial charge in [-0.1, -0.05) is 39.0 Å². The summed E-state index contributed by atoms with van der Waals surface area (Å²) in [4.78, 5) is 14.1. The van der Waals surface area contributed by atoms with Gasteiger partial charge in [0.2, 0.25) is 0 Å². The Morgan fingerprint density at radius 1 is 1.41 bits per heavy atom. The van der Waals surface area contributed by atoms with Crippen molar-refractivity contribution >= 4 is 5.82 Å². The number of hydrogen-bond donors (Lipinski definition) is 0. The summed E-state index contributed by atoms with van der Waals surface area (Å²) in [6.07, 6.45) is 9.70. The highest BCUT2D eigenvalue weighted by Crippen LogP contribution is 2.22. The van der Waals surface area contributed by atoms with Crippen molar-refractivity contribution in [2.45, 2.75) is 64.5 Å². The summed E-state index contributed by atoms with van der Waals surface area (Å²) in [6, 6.07) is 0.317. The Kier molecular flexibility index (Phi) is 6.64. The van der Waals surface area contributed by atoms with E-state index < -0.39 is 4.92 Å². The maximum Gasteiger partial charge on any atom is 0.414 e. The number of fused-ring (bicyclic) bond motifs is 1. The molecule has 0 aromatic carbocycles. The van der Waals surface area contributed by atoms with Crippen LogP contribution in [-0.4, -0.2) is 33.8 Å². The van der Waals surface area contributed by atoms with Gasteiger partial charge in [-0.25, -0.2) is 0 Å². The van der Waals surface area contributed by atoms with Crippen molar-refractivity contribution in [3.8, 4) is 6.01 Å². The topological polar surface area (TPSA) is 79.4 Å². The van der Waals surface area contributed by atoms with Crippen LogP contribution in [0.2, 0.25) is 0 Å². The SMILES string of the molecule is CCCCCCCCOC1CCn2cc([N+](=O)[O-])nc2OC1. The molecule has 7 nitrogen and oxygen atoms in total. The van der Waals surface area contributed by atoms with E-state index in [1.54, 1.807) is 4.57 Å². The number of rotatable bonds is 9. The number of ether oxygens (including phenoxy) is 2. The monoisotopic (exact) mass is 311 g/mol. The molecule has 0 bridgehead atoms. The number of nitro groups is 1. The zero-order chi connectivity index (χ0) is 15.8. The van der Waals surface area contributed by atoms with Crippen molar-refractivity contribution in [2.24, 2.45) is 0 Å². The minimum Gasteiger partial charge on any atom is -0.443 e. The van der Waals surface area contributed by atoms with Crippen LogP contribution in [0.3, 0.4) is 0 Å². The van der Waals surface area contributed by atoms with Crippen LogP contribution in [0.15, 0.2) is 6.20 Å². The first-order chi connectivity index (χ1) is 10.7. The van der Waals surface area contributed by atoms with Crippen LogP contribution >= 0.6 is 0 Å². The van der Waals surface area contributed by atoms with Crippen molar-refractivity contribution in [3.63, 3.8) is 0 Å². The summed E-state index contributed by atoms with van der Waals surface area (Å²) in [5.74, 6) is -0.165. The zero-order valence-corrected chi connectivity index (χ0v) is 13.2. The summed E-state index contributed by atoms with van der Waals surface area (Å²) < 4.78 is 13.1. The van der Waals surface area contributed by atoms with Gasteiger partial charge in [-0.15, -0.1) is 0 Å². The molecule has 0 spiro atoms. The summed E-state index contributed by atoms with van der Waals surface area (Å²) in [5.41, 5.74) is 0. The lowest BCUT2D eigenvalue weighted by Gasteiger charge is -2.14. The molecule has 2 rings (SSSR count). The number of unbranched alkanes of at least 4 members (excludes halogenated alkanes) is 5. The van der Waals surface area contributed by atoms with Crippen LogP contribution < -0.4 is 4.74 Å². The minimum atomic E-state index is -0.502. The molecule has 0 N–H and O–H groups in total. The number of nitrogens with zero attached hydrogens (tertiary/aromatic N) is 3. The predicted octanol–water partition coefficient (Wildman–Crippen LogP) is 3.32. The fourth-order valence-corrected chi connectivity index (χ4v) is 2.55. The molecule has 2 heterocycles. The van der Waals surface area contributed by atoms with Gasteiger partial charge in [-0.05, 0) is 17.8 Å². The minimum absolute atomic E-state index is 0.0383. The second-order valence-corrected chi connectivity index (χ2v) is 5.69. The van der Waals surface area contributed by atoms with Crippen LogP contribution in [-0.2, 0) is 11.3 Å². The van der Waals surface area contributed by atoms with Crippen LogP contribution in [0.25, 0.3) is 0 Å². The molecule has 0 fully saturated rings. The quantitative estimate of drug-likeness (QED) is 0.397. The molecule has 0 saturated carbocycles. The van der Waals surface area contributed by atoms with Crippen LogP contribution in [0.4, 0.5) is 5.82 Å². The molecule has 0 amide bonds. The first-order valence-electron chi connectivity index (χ1n) is 8.16. The lowest BCUT2D eigenvalue weighted by molar-refractivity contribution is -0.389. The summed E-state index contributed by atoms with van der Waals surface area (Å²) in [6.45, 7) is 4.01. The average Bonchev–Trinajstić information content (AvgIpc) is 2.83. The fraction of sp³-hybridized carbons (Fsp3) is 0.800. The molecule has 0 saturated heterocycles. The smallest absolute Gasteiger partial charge is 0.414 e. The van der Waals surface area contributed by atoms with Gasteiger partial charge < -0.3 is 19.6 Å². The average molecular weight is 311 g/mol. The highest BCUT2D eigenvalue weighted by atomic mass is 16.6. The second kappa shape index (κ2) is 8.73. The van der Waals surface area contributed by atoms with Gasteiger partial charge in [0, 0.05) is 18.1 Å². The lowest BCUT2D eigenvalue weighted by Crippen LogP contribution is -2.21. The molecule has 0 radical (unpaired) electrons. The molecule has 1 atom stereocenters. The van der Waals surface area contributed by atoms with Crippen molar-refractivity contribution < 1.29 is 14.4 Å². The Morgan fingerprint density at radius 3 is 2.95 bits per heavy atom. The first-order valence-corrected chi connectivity index (χ1v) is 8.16. The standard InChI is InChI=1S/C15H25N3O4/c1-2-3-4-5-6-7-10-21-13-8-9-17-11-14(18(19)20)16-15(17)22-12-13/h11,13H,2-10,12H2,1H3. The van der Waals surface area contributed by atoms with E-state index in [9.17, 15) is 10.1 Å². The highest BCUT2D eigenvalue weighted by molar-refractivity contribution is 5.20. The Labute approximate surface area is 130 Å². The molecule has 1 aliphatic rings. The molecular formula is C15H25N3O4. The van der Waals surface area contributed by atoms with Gasteiger partial charge in [0.25, 0.3) is 0 Å². The molecule has 1 aliphatic heterocycles. The van der Waals surface area contributed by atoms with E-state index >= 15 is 0 Å². The van der Waals surface area contributed by atoms with E-state index in [0.29, 0.717) is 19.2 Å². The molecule has 7 heteroatoms. The third-order valence-corrected chi connectivity index (χ3v) is 3.86. The maximum atomic E-state index is 10.7. The Hall–Kier alpha value is -1.63. The van der Waals surface area contributed by atoms with Gasteiger partial charge in [0.05, 0.1) is 6.10 Å². The maximum absolute atomic E-state index is 10.7. The number of hydrogen-bond acceptors (Lipinski definition) is 5. The molecule has 1 unspecified atom stereocenters. The highest BCUT2D eigenvalue weighted by Gasteiger charge is 2.25. The van der Waals surface area contributed by atoms with Crippen molar-refractivity contribution in [1.29, 1.82) is 0 Å². The summed E-state index contributed by atoms with van der Waals surface area (Å²) >= 11 is 0. The fourth-order valence-electron chi connectivity index (χ4n) is 2.55. The Balaban J connectivity index is 1.65. The number of imidazole rings is 1. The zero-order valence-electron chi connectivity index (χ0n) is 13.2. The van der Waals surface area contributed by atoms with Crippen LogP contribution in [0, 0.1) is 10.1 Å². The third-order valence-electron chi connectivity index (χ3n) is 3.86. The summed E-state index contributed by atoms with van der Waals surface area (Å²) in [7, 11) is 0. The predicted molar refractivity (Wildman–Crippen MR) is 82.1 cm³/mol. The molecule has 1 aromatic heterocycles. The van der Waals surface area contributed by atoms with E-state index in [-0.39, 0.29) is 11.9 Å². The number of aromatic nitrogens is 2. The second-order valence-electron chi connectivity index (χ2n) is 5.69. The van der Waals surface area contributed by atoms with E-state index in [1.807, 2.05) is 0 Å². The van der Waals surface area contributed by atoms with E-state index in [0.717, 1.165) is 19.4 Å². The molecule has 1 aromatic rings. The van der Waals surface area contributed by atoms with Gasteiger partial charge in [0.15, 0.2) is 0 Å². The Bertz CT molecular complexity index is 450. The van der Waals surface area contributed by atoms with Gasteiger partial charge >= 0.3 is 11.8 Å². The van der Waals surface area contributed by atoms with Gasteiger partial charge in [-0.3, -0.25) is 4.57 Å².